The van der Waals surface area contributed by atoms with E-state index in [1.165, 1.54) is 11.6 Å². The van der Waals surface area contributed by atoms with Gasteiger partial charge in [-0.15, -0.1) is 0 Å². The van der Waals surface area contributed by atoms with Crippen LogP contribution in [0.15, 0.2) is 61.3 Å². The molecule has 196 valence electrons. The summed E-state index contributed by atoms with van der Waals surface area (Å²) in [6, 6.07) is 12.7. The van der Waals surface area contributed by atoms with E-state index in [0.717, 1.165) is 31.6 Å². The van der Waals surface area contributed by atoms with Gasteiger partial charge in [0, 0.05) is 29.6 Å². The molecule has 0 radical (unpaired) electrons. The molecule has 1 fully saturated rings. The second kappa shape index (κ2) is 10.9. The van der Waals surface area contributed by atoms with Crippen molar-refractivity contribution in [3.63, 3.8) is 0 Å². The Labute approximate surface area is 221 Å². The van der Waals surface area contributed by atoms with Gasteiger partial charge in [-0.05, 0) is 75.7 Å². The molecule has 10 nitrogen and oxygen atoms in total. The van der Waals surface area contributed by atoms with Gasteiger partial charge in [0.2, 0.25) is 11.8 Å². The number of likely N-dealkylation sites (tertiary alicyclic amines) is 1. The maximum Gasteiger partial charge on any atom is 0.247 e. The highest BCUT2D eigenvalue weighted by Crippen LogP contribution is 2.36. The lowest BCUT2D eigenvalue weighted by Crippen LogP contribution is -2.29. The number of methoxy groups -OCH3 is 1. The van der Waals surface area contributed by atoms with Crippen LogP contribution in [-0.2, 0) is 4.79 Å². The number of benzene rings is 1. The van der Waals surface area contributed by atoms with Crippen molar-refractivity contribution in [2.24, 2.45) is 0 Å². The number of piperidine rings is 1. The first-order valence-corrected chi connectivity index (χ1v) is 12.5. The van der Waals surface area contributed by atoms with Crippen LogP contribution in [0.25, 0.3) is 5.65 Å². The zero-order chi connectivity index (χ0) is 26.6. The summed E-state index contributed by atoms with van der Waals surface area (Å²) in [7, 11) is 3.81. The maximum atomic E-state index is 11.7. The van der Waals surface area contributed by atoms with Crippen LogP contribution in [-0.4, -0.2) is 57.6 Å². The molecule has 5 rings (SSSR count). The molecule has 3 aromatic heterocycles. The van der Waals surface area contributed by atoms with Crippen molar-refractivity contribution in [3.05, 3.63) is 72.6 Å². The molecule has 0 saturated carbocycles. The zero-order valence-corrected chi connectivity index (χ0v) is 21.8. The van der Waals surface area contributed by atoms with Gasteiger partial charge in [0.1, 0.15) is 11.6 Å². The van der Waals surface area contributed by atoms with Crippen LogP contribution in [0.2, 0.25) is 0 Å². The van der Waals surface area contributed by atoms with E-state index in [0.29, 0.717) is 46.3 Å². The van der Waals surface area contributed by atoms with Crippen molar-refractivity contribution in [1.82, 2.24) is 24.5 Å². The van der Waals surface area contributed by atoms with Crippen LogP contribution in [0, 0.1) is 6.92 Å². The van der Waals surface area contributed by atoms with Gasteiger partial charge in [-0.25, -0.2) is 9.97 Å². The fourth-order valence-electron chi connectivity index (χ4n) is 4.67. The topological polar surface area (TPSA) is 106 Å². The van der Waals surface area contributed by atoms with E-state index < -0.39 is 0 Å². The van der Waals surface area contributed by atoms with Crippen LogP contribution in [0.5, 0.6) is 17.4 Å². The number of anilines is 3. The summed E-state index contributed by atoms with van der Waals surface area (Å²) in [6.07, 6.45) is 5.08. The van der Waals surface area contributed by atoms with Gasteiger partial charge in [-0.2, -0.15) is 9.61 Å². The third kappa shape index (κ3) is 5.45. The van der Waals surface area contributed by atoms with Crippen LogP contribution in [0.4, 0.5) is 17.3 Å². The van der Waals surface area contributed by atoms with Gasteiger partial charge < -0.3 is 25.0 Å². The predicted octanol–water partition coefficient (Wildman–Crippen LogP) is 4.91. The van der Waals surface area contributed by atoms with E-state index >= 15 is 0 Å². The first-order chi connectivity index (χ1) is 18.4. The average Bonchev–Trinajstić information content (AvgIpc) is 3.39. The molecule has 0 atom stereocenters. The van der Waals surface area contributed by atoms with Crippen LogP contribution < -0.4 is 20.1 Å². The standard InChI is InChI=1S/C28H31N7O3/c1-5-26(36)31-20-7-6-8-21(15-20)38-27-17-24(32-25-9-12-29-35(25)27)33-28-23(37-4)16-22(18(2)30-28)19-10-13-34(3)14-11-19/h5-9,12,15-17,19H,1,10-11,13-14H2,2-4H3,(H,31,36)(H,30,32,33). The molecule has 2 N–H and O–H groups in total. The second-order valence-electron chi connectivity index (χ2n) is 9.32. The lowest BCUT2D eigenvalue weighted by molar-refractivity contribution is -0.111. The number of hydrogen-bond acceptors (Lipinski definition) is 8. The quantitative estimate of drug-likeness (QED) is 0.320. The molecule has 1 aliphatic rings. The lowest BCUT2D eigenvalue weighted by atomic mass is 9.88. The number of amides is 1. The lowest BCUT2D eigenvalue weighted by Gasteiger charge is -2.30. The van der Waals surface area contributed by atoms with Gasteiger partial charge in [-0.3, -0.25) is 4.79 Å². The Hall–Kier alpha value is -4.44. The molecule has 0 aliphatic carbocycles. The third-order valence-corrected chi connectivity index (χ3v) is 6.68. The summed E-state index contributed by atoms with van der Waals surface area (Å²) < 4.78 is 13.5. The average molecular weight is 514 g/mol. The van der Waals surface area contributed by atoms with Crippen LogP contribution in [0.3, 0.4) is 0 Å². The molecule has 38 heavy (non-hydrogen) atoms. The number of carbonyl (C=O) groups excluding carboxylic acids is 1. The summed E-state index contributed by atoms with van der Waals surface area (Å²) in [5.41, 5.74) is 3.39. The fourth-order valence-corrected chi connectivity index (χ4v) is 4.67. The minimum absolute atomic E-state index is 0.300. The van der Waals surface area contributed by atoms with Gasteiger partial charge in [0.05, 0.1) is 13.3 Å². The van der Waals surface area contributed by atoms with Crippen LogP contribution in [0.1, 0.15) is 30.0 Å². The zero-order valence-electron chi connectivity index (χ0n) is 21.8. The molecular weight excluding hydrogens is 482 g/mol. The molecule has 1 saturated heterocycles. The predicted molar refractivity (Wildman–Crippen MR) is 147 cm³/mol. The smallest absolute Gasteiger partial charge is 0.247 e. The Morgan fingerprint density at radius 3 is 2.74 bits per heavy atom. The Bertz CT molecular complexity index is 1470. The summed E-state index contributed by atoms with van der Waals surface area (Å²) in [4.78, 5) is 23.6. The van der Waals surface area contributed by atoms with E-state index in [1.54, 1.807) is 54.2 Å². The van der Waals surface area contributed by atoms with Crippen LogP contribution >= 0.6 is 0 Å². The van der Waals surface area contributed by atoms with Crippen molar-refractivity contribution in [2.45, 2.75) is 25.7 Å². The van der Waals surface area contributed by atoms with Crippen molar-refractivity contribution >= 4 is 28.9 Å². The summed E-state index contributed by atoms with van der Waals surface area (Å²) in [5, 5.41) is 10.4. The van der Waals surface area contributed by atoms with E-state index in [1.807, 2.05) is 6.92 Å². The molecule has 0 bridgehead atoms. The minimum Gasteiger partial charge on any atom is -0.493 e. The monoisotopic (exact) mass is 513 g/mol. The number of hydrogen-bond donors (Lipinski definition) is 2. The fraction of sp³-hybridized carbons (Fsp3) is 0.286. The van der Waals surface area contributed by atoms with Gasteiger partial charge in [0.15, 0.2) is 17.2 Å². The van der Waals surface area contributed by atoms with Crippen molar-refractivity contribution in [3.8, 4) is 17.4 Å². The van der Waals surface area contributed by atoms with Gasteiger partial charge >= 0.3 is 0 Å². The van der Waals surface area contributed by atoms with Crippen molar-refractivity contribution in [2.75, 3.05) is 37.9 Å². The summed E-state index contributed by atoms with van der Waals surface area (Å²) >= 11 is 0. The Balaban J connectivity index is 1.43. The number of pyridine rings is 1. The normalized spacial score (nSPS) is 14.3. The molecule has 1 aromatic carbocycles. The summed E-state index contributed by atoms with van der Waals surface area (Å²) in [5.74, 6) is 2.90. The van der Waals surface area contributed by atoms with Crippen molar-refractivity contribution in [1.29, 1.82) is 0 Å². The number of ether oxygens (including phenoxy) is 2. The first kappa shape index (κ1) is 25.2. The molecule has 10 heteroatoms. The summed E-state index contributed by atoms with van der Waals surface area (Å²) in [6.45, 7) is 7.68. The number of fused-ring (bicyclic) bond motifs is 1. The Morgan fingerprint density at radius 1 is 1.16 bits per heavy atom. The second-order valence-corrected chi connectivity index (χ2v) is 9.32. The number of rotatable bonds is 8. The van der Waals surface area contributed by atoms with Gasteiger partial charge in [-0.1, -0.05) is 12.6 Å². The Kier molecular flexibility index (Phi) is 7.23. The number of nitrogens with one attached hydrogen (secondary N) is 2. The van der Waals surface area contributed by atoms with E-state index in [2.05, 4.69) is 45.3 Å². The molecule has 4 heterocycles. The highest BCUT2D eigenvalue weighted by atomic mass is 16.5. The molecule has 0 unspecified atom stereocenters. The third-order valence-electron chi connectivity index (χ3n) is 6.68. The Morgan fingerprint density at radius 2 is 1.97 bits per heavy atom. The molecule has 0 spiro atoms. The van der Waals surface area contributed by atoms with E-state index in [4.69, 9.17) is 14.5 Å². The molecule has 4 aromatic rings. The molecular formula is C28H31N7O3. The van der Waals surface area contributed by atoms with Crippen molar-refractivity contribution < 1.29 is 14.3 Å². The molecule has 1 aliphatic heterocycles. The minimum atomic E-state index is -0.300. The first-order valence-electron chi connectivity index (χ1n) is 12.5. The van der Waals surface area contributed by atoms with Gasteiger partial charge in [0.25, 0.3) is 0 Å². The highest BCUT2D eigenvalue weighted by molar-refractivity contribution is 5.98. The maximum absolute atomic E-state index is 11.7. The number of carbonyl (C=O) groups is 1. The van der Waals surface area contributed by atoms with E-state index in [9.17, 15) is 4.79 Å². The number of aromatic nitrogens is 4. The largest absolute Gasteiger partial charge is 0.493 e. The highest BCUT2D eigenvalue weighted by Gasteiger charge is 2.23. The number of aryl methyl sites for hydroxylation is 1. The number of nitrogens with zero attached hydrogens (tertiary/aromatic N) is 5. The van der Waals surface area contributed by atoms with E-state index in [-0.39, 0.29) is 5.91 Å². The SMILES string of the molecule is C=CC(=O)Nc1cccc(Oc2cc(Nc3nc(C)c(C4CCN(C)CC4)cc3OC)nc3ccnn23)c1. The molecule has 1 amide bonds.